The summed E-state index contributed by atoms with van der Waals surface area (Å²) in [5.74, 6) is -0.736. The average molecular weight is 339 g/mol. The summed E-state index contributed by atoms with van der Waals surface area (Å²) < 4.78 is 18.1. The van der Waals surface area contributed by atoms with Crippen LogP contribution in [-0.4, -0.2) is 11.0 Å². The number of hydrogen-bond donors (Lipinski definition) is 2. The molecule has 5 nitrogen and oxygen atoms in total. The summed E-state index contributed by atoms with van der Waals surface area (Å²) in [6.07, 6.45) is 3.81. The maximum atomic E-state index is 12.8. The van der Waals surface area contributed by atoms with Gasteiger partial charge in [-0.25, -0.2) is 4.39 Å². The first kappa shape index (κ1) is 16.4. The number of rotatable bonds is 4. The number of halogens is 1. The van der Waals surface area contributed by atoms with E-state index < -0.39 is 5.91 Å². The number of nitrogens with one attached hydrogen (secondary N) is 1. The molecule has 126 valence electrons. The third-order valence-corrected chi connectivity index (χ3v) is 3.58. The number of hydrogen-bond acceptors (Lipinski definition) is 4. The Morgan fingerprint density at radius 1 is 1.20 bits per heavy atom. The van der Waals surface area contributed by atoms with Crippen LogP contribution in [0.3, 0.4) is 0 Å². The maximum Gasteiger partial charge on any atom is 0.244 e. The highest BCUT2D eigenvalue weighted by molar-refractivity contribution is 5.92. The lowest BCUT2D eigenvalue weighted by Gasteiger charge is -2.02. The Morgan fingerprint density at radius 3 is 2.72 bits per heavy atom. The third-order valence-electron chi connectivity index (χ3n) is 3.58. The molecule has 6 heteroatoms. The molecule has 1 amide bonds. The Balaban J connectivity index is 1.70. The average Bonchev–Trinajstić information content (AvgIpc) is 2.60. The zero-order chi connectivity index (χ0) is 17.8. The number of phenols is 1. The van der Waals surface area contributed by atoms with E-state index in [0.717, 1.165) is 5.56 Å². The number of fused-ring (bicyclic) bond motifs is 1. The van der Waals surface area contributed by atoms with Gasteiger partial charge in [-0.05, 0) is 35.9 Å². The van der Waals surface area contributed by atoms with Crippen molar-refractivity contribution in [1.29, 1.82) is 0 Å². The van der Waals surface area contributed by atoms with Crippen molar-refractivity contribution in [1.82, 2.24) is 5.32 Å². The molecule has 2 N–H and O–H groups in total. The molecular weight excluding hydrogens is 325 g/mol. The Labute approximate surface area is 142 Å². The highest BCUT2D eigenvalue weighted by atomic mass is 19.1. The van der Waals surface area contributed by atoms with Gasteiger partial charge < -0.3 is 14.8 Å². The number of carbonyl (C=O) groups is 1. The zero-order valence-electron chi connectivity index (χ0n) is 13.0. The smallest absolute Gasteiger partial charge is 0.244 e. The minimum atomic E-state index is -0.394. The van der Waals surface area contributed by atoms with Crippen molar-refractivity contribution in [2.45, 2.75) is 6.54 Å². The van der Waals surface area contributed by atoms with Crippen LogP contribution in [0, 0.1) is 5.82 Å². The summed E-state index contributed by atoms with van der Waals surface area (Å²) >= 11 is 0. The number of benzene rings is 2. The molecule has 0 saturated carbocycles. The van der Waals surface area contributed by atoms with Crippen LogP contribution in [-0.2, 0) is 11.3 Å². The summed E-state index contributed by atoms with van der Waals surface area (Å²) in [4.78, 5) is 24.1. The molecule has 0 aliphatic carbocycles. The van der Waals surface area contributed by atoms with Crippen LogP contribution in [0.15, 0.2) is 64.0 Å². The van der Waals surface area contributed by atoms with Crippen LogP contribution in [0.5, 0.6) is 5.75 Å². The second-order valence-corrected chi connectivity index (χ2v) is 5.38. The highest BCUT2D eigenvalue weighted by Crippen LogP contribution is 2.18. The summed E-state index contributed by atoms with van der Waals surface area (Å²) in [5.41, 5.74) is 0.940. The van der Waals surface area contributed by atoms with Crippen LogP contribution < -0.4 is 10.7 Å². The van der Waals surface area contributed by atoms with Gasteiger partial charge in [0.25, 0.3) is 0 Å². The van der Waals surface area contributed by atoms with Crippen LogP contribution >= 0.6 is 0 Å². The molecule has 0 atom stereocenters. The first-order chi connectivity index (χ1) is 12.0. The van der Waals surface area contributed by atoms with Crippen molar-refractivity contribution >= 4 is 23.0 Å². The number of amides is 1. The molecule has 0 bridgehead atoms. The fourth-order valence-corrected chi connectivity index (χ4v) is 2.26. The molecule has 0 radical (unpaired) electrons. The topological polar surface area (TPSA) is 79.5 Å². The minimum absolute atomic E-state index is 0.000821. The zero-order valence-corrected chi connectivity index (χ0v) is 13.0. The standard InChI is InChI=1S/C19H14FNO4/c20-14-4-1-12(2-5-14)10-21-18(23)8-3-13-11-25-17-9-15(22)6-7-16(17)19(13)24/h1-9,11,22H,10H2,(H,21,23)/b8-3+. The molecule has 0 saturated heterocycles. The fourth-order valence-electron chi connectivity index (χ4n) is 2.26. The van der Waals surface area contributed by atoms with E-state index in [4.69, 9.17) is 4.42 Å². The van der Waals surface area contributed by atoms with Gasteiger partial charge in [0, 0.05) is 18.7 Å². The van der Waals surface area contributed by atoms with Crippen LogP contribution in [0.25, 0.3) is 17.0 Å². The van der Waals surface area contributed by atoms with Gasteiger partial charge >= 0.3 is 0 Å². The summed E-state index contributed by atoms with van der Waals surface area (Å²) in [6, 6.07) is 9.98. The van der Waals surface area contributed by atoms with E-state index in [2.05, 4.69) is 5.32 Å². The fraction of sp³-hybridized carbons (Fsp3) is 0.0526. The molecule has 25 heavy (non-hydrogen) atoms. The second kappa shape index (κ2) is 7.00. The minimum Gasteiger partial charge on any atom is -0.508 e. The lowest BCUT2D eigenvalue weighted by Crippen LogP contribution is -2.20. The van der Waals surface area contributed by atoms with Crippen LogP contribution in [0.2, 0.25) is 0 Å². The van der Waals surface area contributed by atoms with Gasteiger partial charge in [0.15, 0.2) is 5.43 Å². The lowest BCUT2D eigenvalue weighted by atomic mass is 10.1. The van der Waals surface area contributed by atoms with E-state index >= 15 is 0 Å². The van der Waals surface area contributed by atoms with Gasteiger partial charge in [-0.15, -0.1) is 0 Å². The number of phenolic OH excluding ortho intramolecular Hbond substituents is 1. The molecule has 0 aliphatic rings. The van der Waals surface area contributed by atoms with Crippen molar-refractivity contribution < 1.29 is 18.7 Å². The molecule has 0 unspecified atom stereocenters. The summed E-state index contributed by atoms with van der Waals surface area (Å²) in [6.45, 7) is 0.245. The van der Waals surface area contributed by atoms with Crippen LogP contribution in [0.4, 0.5) is 4.39 Å². The SMILES string of the molecule is O=C(/C=C/c1coc2cc(O)ccc2c1=O)NCc1ccc(F)cc1. The van der Waals surface area contributed by atoms with E-state index in [1.165, 1.54) is 48.7 Å². The maximum absolute atomic E-state index is 12.8. The molecule has 3 rings (SSSR count). The van der Waals surface area contributed by atoms with Crippen LogP contribution in [0.1, 0.15) is 11.1 Å². The van der Waals surface area contributed by atoms with Crippen molar-refractivity contribution in [3.05, 3.63) is 82.0 Å². The monoisotopic (exact) mass is 339 g/mol. The number of aromatic hydroxyl groups is 1. The van der Waals surface area contributed by atoms with E-state index in [1.54, 1.807) is 12.1 Å². The normalized spacial score (nSPS) is 11.1. The molecule has 1 heterocycles. The first-order valence-corrected chi connectivity index (χ1v) is 7.48. The molecule has 0 aliphatic heterocycles. The predicted molar refractivity (Wildman–Crippen MR) is 91.4 cm³/mol. The molecule has 2 aromatic carbocycles. The van der Waals surface area contributed by atoms with Gasteiger partial charge in [-0.3, -0.25) is 9.59 Å². The van der Waals surface area contributed by atoms with Crippen molar-refractivity contribution in [2.24, 2.45) is 0 Å². The van der Waals surface area contributed by atoms with Gasteiger partial charge in [-0.1, -0.05) is 12.1 Å². The molecule has 3 aromatic rings. The Hall–Kier alpha value is -3.41. The Bertz CT molecular complexity index is 1010. The molecule has 0 spiro atoms. The van der Waals surface area contributed by atoms with E-state index in [0.29, 0.717) is 5.39 Å². The first-order valence-electron chi connectivity index (χ1n) is 7.48. The lowest BCUT2D eigenvalue weighted by molar-refractivity contribution is -0.116. The molecular formula is C19H14FNO4. The Morgan fingerprint density at radius 2 is 1.96 bits per heavy atom. The Kier molecular flexibility index (Phi) is 4.61. The van der Waals surface area contributed by atoms with Gasteiger partial charge in [-0.2, -0.15) is 0 Å². The van der Waals surface area contributed by atoms with Gasteiger partial charge in [0.2, 0.25) is 5.91 Å². The number of carbonyl (C=O) groups excluding carboxylic acids is 1. The molecule has 0 fully saturated rings. The van der Waals surface area contributed by atoms with E-state index in [9.17, 15) is 19.1 Å². The summed E-state index contributed by atoms with van der Waals surface area (Å²) in [5, 5.41) is 12.3. The van der Waals surface area contributed by atoms with Gasteiger partial charge in [0.1, 0.15) is 23.4 Å². The van der Waals surface area contributed by atoms with Gasteiger partial charge in [0.05, 0.1) is 10.9 Å². The quantitative estimate of drug-likeness (QED) is 0.716. The van der Waals surface area contributed by atoms with E-state index in [1.807, 2.05) is 0 Å². The summed E-state index contributed by atoms with van der Waals surface area (Å²) in [7, 11) is 0. The largest absolute Gasteiger partial charge is 0.508 e. The van der Waals surface area contributed by atoms with E-state index in [-0.39, 0.29) is 34.7 Å². The van der Waals surface area contributed by atoms with Crippen molar-refractivity contribution in [2.75, 3.05) is 0 Å². The van der Waals surface area contributed by atoms with Crippen molar-refractivity contribution in [3.63, 3.8) is 0 Å². The second-order valence-electron chi connectivity index (χ2n) is 5.38. The molecule has 1 aromatic heterocycles. The third kappa shape index (κ3) is 3.92. The predicted octanol–water partition coefficient (Wildman–Crippen LogP) is 2.97. The highest BCUT2D eigenvalue weighted by Gasteiger charge is 2.06. The van der Waals surface area contributed by atoms with Crippen molar-refractivity contribution in [3.8, 4) is 5.75 Å².